The number of piperazine rings is 1. The minimum Gasteiger partial charge on any atom is -0.376 e. The number of halogens is 5. The van der Waals surface area contributed by atoms with E-state index in [2.05, 4.69) is 21.3 Å². The van der Waals surface area contributed by atoms with E-state index in [1.165, 1.54) is 23.9 Å². The first-order valence-electron chi connectivity index (χ1n) is 11.3. The molecule has 10 heteroatoms. The fourth-order valence-electron chi connectivity index (χ4n) is 4.30. The topological polar surface area (TPSA) is 19.0 Å². The lowest BCUT2D eigenvalue weighted by Gasteiger charge is -2.36. The van der Waals surface area contributed by atoms with Gasteiger partial charge in [-0.25, -0.2) is 0 Å². The van der Waals surface area contributed by atoms with Crippen LogP contribution in [0.3, 0.4) is 0 Å². The lowest BCUT2D eigenvalue weighted by molar-refractivity contribution is -0.137. The van der Waals surface area contributed by atoms with Crippen molar-refractivity contribution in [3.05, 3.63) is 60.7 Å². The molecule has 0 atom stereocenters. The number of anilines is 2. The normalized spacial score (nSPS) is 16.0. The van der Waals surface area contributed by atoms with Crippen molar-refractivity contribution in [2.45, 2.75) is 22.4 Å². The average Bonchev–Trinajstić information content (AvgIpc) is 2.81. The second-order valence-corrected chi connectivity index (χ2v) is 9.39. The predicted octanol–water partition coefficient (Wildman–Crippen LogP) is 6.36. The van der Waals surface area contributed by atoms with Crippen molar-refractivity contribution in [2.24, 2.45) is 0 Å². The molecule has 0 saturated carbocycles. The molecule has 1 saturated heterocycles. The largest absolute Gasteiger partial charge is 0.416 e. The molecule has 0 amide bonds. The molecule has 0 aliphatic carbocycles. The molecule has 0 unspecified atom stereocenters. The van der Waals surface area contributed by atoms with Crippen LogP contribution in [0.5, 0.6) is 0 Å². The number of benzene rings is 2. The van der Waals surface area contributed by atoms with Crippen molar-refractivity contribution in [2.75, 3.05) is 63.9 Å². The van der Waals surface area contributed by atoms with Crippen molar-refractivity contribution in [3.8, 4) is 0 Å². The molecule has 0 aromatic heterocycles. The number of nitrogens with zero attached hydrogens (tertiary/aromatic N) is 3. The van der Waals surface area contributed by atoms with Crippen molar-refractivity contribution >= 4 is 48.0 Å². The zero-order valence-corrected chi connectivity index (χ0v) is 22.0. The minimum atomic E-state index is -4.35. The van der Waals surface area contributed by atoms with Gasteiger partial charge in [0.05, 0.1) is 30.2 Å². The third-order valence-corrected chi connectivity index (χ3v) is 7.19. The van der Waals surface area contributed by atoms with E-state index in [9.17, 15) is 13.2 Å². The standard InChI is InChI=1S/C25H30F3N3OS.2ClH/c1-2-17-32-18-16-30-14-12-29(13-15-30)10-5-11-31-21-6-3-4-7-23(21)33-24-9-8-20(19-22(24)31)25(26,27)28;;/h2-4,6-9,19H,1,5,10-18H2;2*1H. The quantitative estimate of drug-likeness (QED) is 0.267. The van der Waals surface area contributed by atoms with Gasteiger partial charge in [-0.1, -0.05) is 30.0 Å². The molecule has 0 N–H and O–H groups in total. The fourth-order valence-corrected chi connectivity index (χ4v) is 5.37. The Kier molecular flexibility index (Phi) is 11.7. The van der Waals surface area contributed by atoms with Gasteiger partial charge in [-0.05, 0) is 43.3 Å². The van der Waals surface area contributed by atoms with Crippen LogP contribution in [0.25, 0.3) is 0 Å². The number of hydrogen-bond acceptors (Lipinski definition) is 5. The first-order valence-corrected chi connectivity index (χ1v) is 12.2. The Morgan fingerprint density at radius 2 is 1.54 bits per heavy atom. The highest BCUT2D eigenvalue weighted by atomic mass is 35.5. The van der Waals surface area contributed by atoms with Crippen molar-refractivity contribution in [1.82, 2.24) is 9.80 Å². The predicted molar refractivity (Wildman–Crippen MR) is 142 cm³/mol. The molecule has 2 aromatic rings. The lowest BCUT2D eigenvalue weighted by atomic mass is 10.1. The zero-order valence-electron chi connectivity index (χ0n) is 19.5. The molecule has 0 bridgehead atoms. The van der Waals surface area contributed by atoms with Gasteiger partial charge >= 0.3 is 6.18 Å². The highest BCUT2D eigenvalue weighted by Crippen LogP contribution is 2.49. The Morgan fingerprint density at radius 3 is 2.23 bits per heavy atom. The van der Waals surface area contributed by atoms with Crippen LogP contribution in [0, 0.1) is 0 Å². The zero-order chi connectivity index (χ0) is 23.3. The Bertz CT molecular complexity index is 956. The highest BCUT2D eigenvalue weighted by Gasteiger charge is 2.33. The maximum absolute atomic E-state index is 13.4. The van der Waals surface area contributed by atoms with Crippen LogP contribution in [0.1, 0.15) is 12.0 Å². The number of rotatable bonds is 9. The smallest absolute Gasteiger partial charge is 0.376 e. The Labute approximate surface area is 222 Å². The van der Waals surface area contributed by atoms with Gasteiger partial charge in [0.1, 0.15) is 0 Å². The van der Waals surface area contributed by atoms with E-state index in [0.29, 0.717) is 18.8 Å². The third-order valence-electron chi connectivity index (χ3n) is 6.06. The van der Waals surface area contributed by atoms with Crippen LogP contribution in [0.2, 0.25) is 0 Å². The fraction of sp³-hybridized carbons (Fsp3) is 0.440. The number of alkyl halides is 3. The molecule has 2 aliphatic rings. The van der Waals surface area contributed by atoms with E-state index in [0.717, 1.165) is 67.8 Å². The maximum Gasteiger partial charge on any atom is 0.416 e. The maximum atomic E-state index is 13.4. The van der Waals surface area contributed by atoms with E-state index in [4.69, 9.17) is 4.74 Å². The van der Waals surface area contributed by atoms with Gasteiger partial charge < -0.3 is 14.5 Å². The second-order valence-electron chi connectivity index (χ2n) is 8.30. The molecule has 35 heavy (non-hydrogen) atoms. The summed E-state index contributed by atoms with van der Waals surface area (Å²) in [5.74, 6) is 0. The SMILES string of the molecule is C=CCOCCN1CCN(CCCN2c3ccccc3Sc3ccc(C(F)(F)F)cc32)CC1.Cl.Cl. The summed E-state index contributed by atoms with van der Waals surface area (Å²) < 4.78 is 45.6. The average molecular weight is 551 g/mol. The molecule has 2 aliphatic heterocycles. The summed E-state index contributed by atoms with van der Waals surface area (Å²) in [6, 6.07) is 12.0. The van der Waals surface area contributed by atoms with Crippen LogP contribution in [-0.4, -0.2) is 68.8 Å². The van der Waals surface area contributed by atoms with Crippen molar-refractivity contribution in [3.63, 3.8) is 0 Å². The Hall–Kier alpha value is -1.42. The summed E-state index contributed by atoms with van der Waals surface area (Å²) in [6.07, 6.45) is -1.70. The van der Waals surface area contributed by atoms with Crippen LogP contribution >= 0.6 is 36.6 Å². The van der Waals surface area contributed by atoms with Gasteiger partial charge in [-0.2, -0.15) is 13.2 Å². The van der Waals surface area contributed by atoms with E-state index in [-0.39, 0.29) is 24.8 Å². The molecule has 194 valence electrons. The molecule has 2 heterocycles. The number of para-hydroxylation sites is 1. The van der Waals surface area contributed by atoms with Crippen LogP contribution in [-0.2, 0) is 10.9 Å². The number of hydrogen-bond donors (Lipinski definition) is 0. The summed E-state index contributed by atoms with van der Waals surface area (Å²) >= 11 is 1.54. The third kappa shape index (κ3) is 7.78. The monoisotopic (exact) mass is 549 g/mol. The first kappa shape index (κ1) is 29.8. The molecule has 4 rings (SSSR count). The van der Waals surface area contributed by atoms with E-state index >= 15 is 0 Å². The molecular weight excluding hydrogens is 518 g/mol. The molecule has 0 spiro atoms. The summed E-state index contributed by atoms with van der Waals surface area (Å²) in [4.78, 5) is 8.86. The van der Waals surface area contributed by atoms with Gasteiger partial charge in [0, 0.05) is 49.1 Å². The minimum absolute atomic E-state index is 0. The van der Waals surface area contributed by atoms with Gasteiger partial charge in [0.25, 0.3) is 0 Å². The van der Waals surface area contributed by atoms with Crippen molar-refractivity contribution in [1.29, 1.82) is 0 Å². The molecule has 4 nitrogen and oxygen atoms in total. The Balaban J connectivity index is 0.00000216. The van der Waals surface area contributed by atoms with Gasteiger partial charge in [-0.15, -0.1) is 31.4 Å². The summed E-state index contributed by atoms with van der Waals surface area (Å²) in [5.41, 5.74) is 1.04. The molecular formula is C25H32Cl2F3N3OS. The number of fused-ring (bicyclic) bond motifs is 2. The van der Waals surface area contributed by atoms with Crippen molar-refractivity contribution < 1.29 is 17.9 Å². The lowest BCUT2D eigenvalue weighted by Crippen LogP contribution is -2.47. The van der Waals surface area contributed by atoms with E-state index in [1.54, 1.807) is 12.1 Å². The summed E-state index contributed by atoms with van der Waals surface area (Å²) in [6.45, 7) is 11.5. The second kappa shape index (κ2) is 13.8. The van der Waals surface area contributed by atoms with Gasteiger partial charge in [-0.3, -0.25) is 4.90 Å². The number of ether oxygens (including phenoxy) is 1. The van der Waals surface area contributed by atoms with Gasteiger partial charge in [0.2, 0.25) is 0 Å². The van der Waals surface area contributed by atoms with Gasteiger partial charge in [0.15, 0.2) is 0 Å². The van der Waals surface area contributed by atoms with Crippen LogP contribution < -0.4 is 4.90 Å². The van der Waals surface area contributed by atoms with E-state index < -0.39 is 11.7 Å². The van der Waals surface area contributed by atoms with Crippen LogP contribution in [0.15, 0.2) is 64.9 Å². The molecule has 0 radical (unpaired) electrons. The summed E-state index contributed by atoms with van der Waals surface area (Å²) in [7, 11) is 0. The van der Waals surface area contributed by atoms with Crippen LogP contribution in [0.4, 0.5) is 24.5 Å². The van der Waals surface area contributed by atoms with E-state index in [1.807, 2.05) is 24.3 Å². The highest BCUT2D eigenvalue weighted by molar-refractivity contribution is 7.99. The first-order chi connectivity index (χ1) is 16.0. The molecule has 1 fully saturated rings. The summed E-state index contributed by atoms with van der Waals surface area (Å²) in [5, 5.41) is 0. The Morgan fingerprint density at radius 1 is 0.886 bits per heavy atom. The molecule has 2 aromatic carbocycles.